The molecule has 7 nitrogen and oxygen atoms in total. The molecule has 1 aromatic carbocycles. The van der Waals surface area contributed by atoms with Crippen LogP contribution in [0.5, 0.6) is 5.75 Å². The fraction of sp³-hybridized carbons (Fsp3) is 0.455. The van der Waals surface area contributed by atoms with E-state index in [0.29, 0.717) is 29.7 Å². The zero-order chi connectivity index (χ0) is 22.0. The lowest BCUT2D eigenvalue weighted by Gasteiger charge is -2.42. The van der Waals surface area contributed by atoms with Gasteiger partial charge in [0, 0.05) is 51.1 Å². The summed E-state index contributed by atoms with van der Waals surface area (Å²) in [6.07, 6.45) is 2.22. The van der Waals surface area contributed by atoms with E-state index in [0.717, 1.165) is 17.7 Å². The maximum Gasteiger partial charge on any atom is 0.343 e. The largest absolute Gasteiger partial charge is 0.492 e. The number of hydrogen-bond donors (Lipinski definition) is 0. The molecule has 2 aromatic rings. The van der Waals surface area contributed by atoms with Crippen LogP contribution in [-0.2, 0) is 9.47 Å². The molecular formula is C22H27ClN2O5. The highest BCUT2D eigenvalue weighted by Crippen LogP contribution is 2.45. The van der Waals surface area contributed by atoms with Crippen LogP contribution in [0.4, 0.5) is 5.69 Å². The van der Waals surface area contributed by atoms with Crippen molar-refractivity contribution in [3.63, 3.8) is 0 Å². The van der Waals surface area contributed by atoms with Crippen LogP contribution in [0.3, 0.4) is 0 Å². The predicted octanol–water partition coefficient (Wildman–Crippen LogP) is 3.98. The van der Waals surface area contributed by atoms with Crippen molar-refractivity contribution in [1.29, 1.82) is 0 Å². The number of nitrogens with zero attached hydrogens (tertiary/aromatic N) is 2. The monoisotopic (exact) mass is 434 g/mol. The Kier molecular flexibility index (Phi) is 6.73. The zero-order valence-corrected chi connectivity index (χ0v) is 18.7. The Hall–Kier alpha value is -2.51. The fourth-order valence-corrected chi connectivity index (χ4v) is 4.10. The molecule has 1 aliphatic rings. The van der Waals surface area contributed by atoms with Gasteiger partial charge in [-0.25, -0.2) is 4.79 Å². The minimum atomic E-state index is -0.649. The van der Waals surface area contributed by atoms with Crippen LogP contribution >= 0.6 is 11.6 Å². The number of aromatic nitrogens is 1. The molecule has 0 fully saturated rings. The second-order valence-corrected chi connectivity index (χ2v) is 8.01. The molecule has 30 heavy (non-hydrogen) atoms. The lowest BCUT2D eigenvalue weighted by atomic mass is 9.98. The van der Waals surface area contributed by atoms with Crippen LogP contribution in [0.25, 0.3) is 11.3 Å². The van der Waals surface area contributed by atoms with Gasteiger partial charge in [-0.05, 0) is 12.0 Å². The Morgan fingerprint density at radius 1 is 1.20 bits per heavy atom. The highest BCUT2D eigenvalue weighted by Gasteiger charge is 2.32. The lowest BCUT2D eigenvalue weighted by molar-refractivity contribution is 0.0598. The van der Waals surface area contributed by atoms with Crippen molar-refractivity contribution in [3.8, 4) is 17.0 Å². The summed E-state index contributed by atoms with van der Waals surface area (Å²) < 4.78 is 17.6. The molecule has 162 valence electrons. The number of rotatable bonds is 7. The Balaban J connectivity index is 2.13. The lowest BCUT2D eigenvalue weighted by Crippen LogP contribution is -2.38. The second kappa shape index (κ2) is 9.10. The molecule has 2 heterocycles. The van der Waals surface area contributed by atoms with Crippen molar-refractivity contribution in [2.45, 2.75) is 26.4 Å². The molecule has 8 heteroatoms. The van der Waals surface area contributed by atoms with E-state index in [1.54, 1.807) is 19.4 Å². The standard InChI is InChI=1S/C22H27ClN2O5/c1-13(2)21-24(3)17-11-20(30-8-6-7-28-4)16(23)9-14(17)18-10-19(26)15(12-25(18)21)22(27)29-5/h9-13,21H,6-8H2,1-5H3. The number of pyridine rings is 1. The van der Waals surface area contributed by atoms with Gasteiger partial charge in [0.1, 0.15) is 17.5 Å². The van der Waals surface area contributed by atoms with Crippen molar-refractivity contribution >= 4 is 23.3 Å². The molecule has 0 aliphatic carbocycles. The smallest absolute Gasteiger partial charge is 0.343 e. The summed E-state index contributed by atoms with van der Waals surface area (Å²) in [4.78, 5) is 26.8. The number of anilines is 1. The summed E-state index contributed by atoms with van der Waals surface area (Å²) in [5, 5.41) is 0.457. The van der Waals surface area contributed by atoms with Crippen molar-refractivity contribution in [2.75, 3.05) is 39.4 Å². The summed E-state index contributed by atoms with van der Waals surface area (Å²) in [6, 6.07) is 5.18. The molecule has 0 saturated heterocycles. The quantitative estimate of drug-likeness (QED) is 0.485. The molecule has 0 bridgehead atoms. The first-order valence-corrected chi connectivity index (χ1v) is 10.2. The summed E-state index contributed by atoms with van der Waals surface area (Å²) in [7, 11) is 4.89. The summed E-state index contributed by atoms with van der Waals surface area (Å²) in [5.41, 5.74) is 2.03. The molecule has 1 atom stereocenters. The van der Waals surface area contributed by atoms with Gasteiger partial charge in [-0.15, -0.1) is 0 Å². The summed E-state index contributed by atoms with van der Waals surface area (Å²) >= 11 is 6.49. The molecule has 0 amide bonds. The normalized spacial score (nSPS) is 15.0. The van der Waals surface area contributed by atoms with Crippen molar-refractivity contribution in [1.82, 2.24) is 4.57 Å². The van der Waals surface area contributed by atoms with E-state index in [1.807, 2.05) is 17.7 Å². The Morgan fingerprint density at radius 3 is 2.57 bits per heavy atom. The number of carbonyl (C=O) groups is 1. The van der Waals surface area contributed by atoms with Gasteiger partial charge in [0.05, 0.1) is 30.1 Å². The fourth-order valence-electron chi connectivity index (χ4n) is 3.88. The Labute approximate surface area is 181 Å². The first-order valence-electron chi connectivity index (χ1n) is 9.83. The number of halogens is 1. The summed E-state index contributed by atoms with van der Waals surface area (Å²) in [5.74, 6) is 0.128. The number of carbonyl (C=O) groups excluding carboxylic acids is 1. The first-order chi connectivity index (χ1) is 14.3. The third kappa shape index (κ3) is 4.04. The van der Waals surface area contributed by atoms with E-state index in [2.05, 4.69) is 18.7 Å². The van der Waals surface area contributed by atoms with E-state index in [1.165, 1.54) is 13.2 Å². The molecule has 0 N–H and O–H groups in total. The molecule has 0 spiro atoms. The van der Waals surface area contributed by atoms with E-state index < -0.39 is 5.97 Å². The van der Waals surface area contributed by atoms with Gasteiger partial charge in [0.15, 0.2) is 5.43 Å². The van der Waals surface area contributed by atoms with Crippen LogP contribution in [0.2, 0.25) is 5.02 Å². The zero-order valence-electron chi connectivity index (χ0n) is 17.9. The molecule has 1 aliphatic heterocycles. The molecule has 3 rings (SSSR count). The van der Waals surface area contributed by atoms with Gasteiger partial charge in [-0.1, -0.05) is 25.4 Å². The van der Waals surface area contributed by atoms with Crippen LogP contribution in [0, 0.1) is 5.92 Å². The molecule has 1 unspecified atom stereocenters. The van der Waals surface area contributed by atoms with Crippen LogP contribution in [-0.4, -0.2) is 45.0 Å². The number of hydrogen-bond acceptors (Lipinski definition) is 6. The maximum absolute atomic E-state index is 12.6. The first kappa shape index (κ1) is 22.2. The van der Waals surface area contributed by atoms with Gasteiger partial charge in [-0.3, -0.25) is 4.79 Å². The number of fused-ring (bicyclic) bond motifs is 3. The van der Waals surface area contributed by atoms with Crippen LogP contribution in [0.1, 0.15) is 36.8 Å². The molecule has 1 aromatic heterocycles. The van der Waals surface area contributed by atoms with Gasteiger partial charge in [-0.2, -0.15) is 0 Å². The number of methoxy groups -OCH3 is 2. The van der Waals surface area contributed by atoms with Crippen molar-refractivity contribution < 1.29 is 19.0 Å². The topological polar surface area (TPSA) is 70.0 Å². The summed E-state index contributed by atoms with van der Waals surface area (Å²) in [6.45, 7) is 5.27. The van der Waals surface area contributed by atoms with Gasteiger partial charge >= 0.3 is 5.97 Å². The van der Waals surface area contributed by atoms with Crippen LogP contribution < -0.4 is 15.1 Å². The molecule has 0 radical (unpaired) electrons. The predicted molar refractivity (Wildman–Crippen MR) is 117 cm³/mol. The van der Waals surface area contributed by atoms with Crippen molar-refractivity contribution in [3.05, 3.63) is 45.2 Å². The molecular weight excluding hydrogens is 408 g/mol. The van der Waals surface area contributed by atoms with Gasteiger partial charge < -0.3 is 23.7 Å². The average molecular weight is 435 g/mol. The van der Waals surface area contributed by atoms with E-state index in [-0.39, 0.29) is 23.1 Å². The Bertz CT molecular complexity index is 1000. The van der Waals surface area contributed by atoms with Crippen molar-refractivity contribution in [2.24, 2.45) is 5.92 Å². The third-order valence-corrected chi connectivity index (χ3v) is 5.51. The van der Waals surface area contributed by atoms with Crippen LogP contribution in [0.15, 0.2) is 29.2 Å². The minimum absolute atomic E-state index is 0.00736. The van der Waals surface area contributed by atoms with E-state index in [4.69, 9.17) is 25.8 Å². The van der Waals surface area contributed by atoms with E-state index in [9.17, 15) is 9.59 Å². The SMILES string of the molecule is COCCCOc1cc2c(cc1Cl)-c1cc(=O)c(C(=O)OC)cn1C(C(C)C)N2C. The number of esters is 1. The third-order valence-electron chi connectivity index (χ3n) is 5.22. The number of ether oxygens (including phenoxy) is 3. The highest BCUT2D eigenvalue weighted by molar-refractivity contribution is 6.32. The minimum Gasteiger partial charge on any atom is -0.492 e. The molecule has 0 saturated carbocycles. The average Bonchev–Trinajstić information content (AvgIpc) is 2.71. The van der Waals surface area contributed by atoms with Gasteiger partial charge in [0.2, 0.25) is 0 Å². The maximum atomic E-state index is 12.6. The van der Waals surface area contributed by atoms with Gasteiger partial charge in [0.25, 0.3) is 0 Å². The Morgan fingerprint density at radius 2 is 1.93 bits per heavy atom. The van der Waals surface area contributed by atoms with E-state index >= 15 is 0 Å². The second-order valence-electron chi connectivity index (χ2n) is 7.60. The number of benzene rings is 1. The highest BCUT2D eigenvalue weighted by atomic mass is 35.5.